The molecule has 2 aromatic carbocycles. The largest absolute Gasteiger partial charge is 0.416 e. The molecule has 130 valence electrons. The maximum absolute atomic E-state index is 12.9. The van der Waals surface area contributed by atoms with Crippen LogP contribution >= 0.6 is 11.8 Å². The Labute approximate surface area is 145 Å². The van der Waals surface area contributed by atoms with Gasteiger partial charge in [0.1, 0.15) is 5.82 Å². The highest BCUT2D eigenvalue weighted by Gasteiger charge is 2.33. The SMILES string of the molecule is O=C1NC(=Nc2ccc(F)cc2)SC1Cc1cccc(C(F)(F)F)c1. The molecule has 0 aliphatic carbocycles. The standard InChI is InChI=1S/C17H12F4N2OS/c18-12-4-6-13(7-5-12)22-16-23-15(24)14(25-16)9-10-2-1-3-11(8-10)17(19,20)21/h1-8,14H,9H2,(H,22,23,24). The van der Waals surface area contributed by atoms with Gasteiger partial charge in [-0.25, -0.2) is 9.38 Å². The lowest BCUT2D eigenvalue weighted by Gasteiger charge is -2.10. The predicted molar refractivity (Wildman–Crippen MR) is 88.2 cm³/mol. The molecule has 0 spiro atoms. The first kappa shape index (κ1) is 17.5. The number of alkyl halides is 3. The minimum Gasteiger partial charge on any atom is -0.304 e. The fraction of sp³-hybridized carbons (Fsp3) is 0.176. The van der Waals surface area contributed by atoms with Crippen molar-refractivity contribution in [2.75, 3.05) is 0 Å². The van der Waals surface area contributed by atoms with Crippen molar-refractivity contribution in [2.45, 2.75) is 17.8 Å². The summed E-state index contributed by atoms with van der Waals surface area (Å²) in [5.41, 5.74) is 0.156. The lowest BCUT2D eigenvalue weighted by atomic mass is 10.1. The number of carbonyl (C=O) groups excluding carboxylic acids is 1. The molecule has 1 saturated heterocycles. The molecular formula is C17H12F4N2OS. The van der Waals surface area contributed by atoms with Crippen LogP contribution in [0.2, 0.25) is 0 Å². The van der Waals surface area contributed by atoms with E-state index in [4.69, 9.17) is 0 Å². The van der Waals surface area contributed by atoms with Crippen molar-refractivity contribution < 1.29 is 22.4 Å². The second-order valence-corrected chi connectivity index (χ2v) is 6.58. The number of carbonyl (C=O) groups is 1. The highest BCUT2D eigenvalue weighted by molar-refractivity contribution is 8.15. The summed E-state index contributed by atoms with van der Waals surface area (Å²) < 4.78 is 51.2. The van der Waals surface area contributed by atoms with Gasteiger partial charge in [-0.1, -0.05) is 30.0 Å². The molecule has 1 unspecified atom stereocenters. The molecule has 0 radical (unpaired) electrons. The molecule has 1 N–H and O–H groups in total. The van der Waals surface area contributed by atoms with E-state index < -0.39 is 22.8 Å². The van der Waals surface area contributed by atoms with Gasteiger partial charge in [-0.15, -0.1) is 0 Å². The quantitative estimate of drug-likeness (QED) is 0.821. The molecule has 1 aliphatic heterocycles. The average Bonchev–Trinajstić information content (AvgIpc) is 2.88. The smallest absolute Gasteiger partial charge is 0.304 e. The van der Waals surface area contributed by atoms with Crippen LogP contribution in [0.15, 0.2) is 53.5 Å². The molecule has 1 fully saturated rings. The third-order valence-corrected chi connectivity index (χ3v) is 4.59. The Balaban J connectivity index is 1.72. The van der Waals surface area contributed by atoms with Crippen LogP contribution in [-0.4, -0.2) is 16.3 Å². The molecule has 0 bridgehead atoms. The number of rotatable bonds is 3. The third kappa shape index (κ3) is 4.39. The monoisotopic (exact) mass is 368 g/mol. The molecule has 1 aliphatic rings. The van der Waals surface area contributed by atoms with Crippen LogP contribution in [0, 0.1) is 5.82 Å². The average molecular weight is 368 g/mol. The van der Waals surface area contributed by atoms with Gasteiger partial charge in [0.25, 0.3) is 0 Å². The molecule has 1 amide bonds. The van der Waals surface area contributed by atoms with E-state index in [9.17, 15) is 22.4 Å². The summed E-state index contributed by atoms with van der Waals surface area (Å²) in [6.45, 7) is 0. The Kier molecular flexibility index (Phi) is 4.80. The van der Waals surface area contributed by atoms with E-state index in [1.165, 1.54) is 30.3 Å². The van der Waals surface area contributed by atoms with Crippen molar-refractivity contribution in [3.8, 4) is 0 Å². The number of thioether (sulfide) groups is 1. The second-order valence-electron chi connectivity index (χ2n) is 5.39. The van der Waals surface area contributed by atoms with Crippen molar-refractivity contribution in [1.29, 1.82) is 0 Å². The van der Waals surface area contributed by atoms with Gasteiger partial charge in [0.15, 0.2) is 5.17 Å². The van der Waals surface area contributed by atoms with Crippen molar-refractivity contribution >= 4 is 28.5 Å². The van der Waals surface area contributed by atoms with Gasteiger partial charge < -0.3 is 5.32 Å². The van der Waals surface area contributed by atoms with Crippen LogP contribution in [0.1, 0.15) is 11.1 Å². The fourth-order valence-electron chi connectivity index (χ4n) is 2.31. The highest BCUT2D eigenvalue weighted by Crippen LogP contribution is 2.31. The molecule has 8 heteroatoms. The van der Waals surface area contributed by atoms with Crippen LogP contribution < -0.4 is 5.32 Å². The predicted octanol–water partition coefficient (Wildman–Crippen LogP) is 4.31. The molecule has 1 heterocycles. The lowest BCUT2D eigenvalue weighted by molar-refractivity contribution is -0.137. The molecule has 25 heavy (non-hydrogen) atoms. The zero-order valence-corrected chi connectivity index (χ0v) is 13.5. The van der Waals surface area contributed by atoms with E-state index >= 15 is 0 Å². The van der Waals surface area contributed by atoms with Gasteiger partial charge in [0, 0.05) is 0 Å². The number of amides is 1. The first-order chi connectivity index (χ1) is 11.8. The number of halogens is 4. The van der Waals surface area contributed by atoms with Gasteiger partial charge in [-0.05, 0) is 42.3 Å². The molecule has 0 aromatic heterocycles. The van der Waals surface area contributed by atoms with Gasteiger partial charge in [-0.2, -0.15) is 13.2 Å². The Bertz CT molecular complexity index is 818. The lowest BCUT2D eigenvalue weighted by Crippen LogP contribution is -2.26. The van der Waals surface area contributed by atoms with E-state index in [1.807, 2.05) is 0 Å². The number of hydrogen-bond donors (Lipinski definition) is 1. The summed E-state index contributed by atoms with van der Waals surface area (Å²) in [6.07, 6.45) is -4.26. The maximum atomic E-state index is 12.9. The van der Waals surface area contributed by atoms with Gasteiger partial charge in [-0.3, -0.25) is 4.79 Å². The van der Waals surface area contributed by atoms with E-state index in [1.54, 1.807) is 6.07 Å². The second kappa shape index (κ2) is 6.87. The van der Waals surface area contributed by atoms with Crippen molar-refractivity contribution in [3.05, 3.63) is 65.5 Å². The molecule has 2 aromatic rings. The molecule has 3 nitrogen and oxygen atoms in total. The number of nitrogens with zero attached hydrogens (tertiary/aromatic N) is 1. The minimum atomic E-state index is -4.42. The summed E-state index contributed by atoms with van der Waals surface area (Å²) in [6, 6.07) is 10.4. The number of hydrogen-bond acceptors (Lipinski definition) is 3. The number of nitrogens with one attached hydrogen (secondary N) is 1. The summed E-state index contributed by atoms with van der Waals surface area (Å²) in [7, 11) is 0. The summed E-state index contributed by atoms with van der Waals surface area (Å²) >= 11 is 1.14. The zero-order valence-electron chi connectivity index (χ0n) is 12.7. The van der Waals surface area contributed by atoms with Crippen LogP contribution in [0.5, 0.6) is 0 Å². The fourth-order valence-corrected chi connectivity index (χ4v) is 3.34. The number of amidine groups is 1. The Morgan fingerprint density at radius 3 is 2.52 bits per heavy atom. The van der Waals surface area contributed by atoms with Gasteiger partial charge in [0.2, 0.25) is 5.91 Å². The van der Waals surface area contributed by atoms with Crippen molar-refractivity contribution in [2.24, 2.45) is 4.99 Å². The highest BCUT2D eigenvalue weighted by atomic mass is 32.2. The third-order valence-electron chi connectivity index (χ3n) is 3.51. The minimum absolute atomic E-state index is 0.156. The summed E-state index contributed by atoms with van der Waals surface area (Å²) in [4.78, 5) is 16.2. The van der Waals surface area contributed by atoms with E-state index in [-0.39, 0.29) is 12.3 Å². The van der Waals surface area contributed by atoms with E-state index in [0.29, 0.717) is 16.4 Å². The van der Waals surface area contributed by atoms with Crippen molar-refractivity contribution in [3.63, 3.8) is 0 Å². The van der Waals surface area contributed by atoms with Crippen LogP contribution in [0.3, 0.4) is 0 Å². The van der Waals surface area contributed by atoms with E-state index in [0.717, 1.165) is 23.9 Å². The number of benzene rings is 2. The Morgan fingerprint density at radius 1 is 1.12 bits per heavy atom. The summed E-state index contributed by atoms with van der Waals surface area (Å²) in [5, 5.41) is 2.36. The van der Waals surface area contributed by atoms with Crippen molar-refractivity contribution in [1.82, 2.24) is 5.32 Å². The molecule has 3 rings (SSSR count). The van der Waals surface area contributed by atoms with Crippen LogP contribution in [0.25, 0.3) is 0 Å². The van der Waals surface area contributed by atoms with E-state index in [2.05, 4.69) is 10.3 Å². The Morgan fingerprint density at radius 2 is 1.84 bits per heavy atom. The molecule has 0 saturated carbocycles. The normalized spacial score (nSPS) is 19.3. The number of aliphatic imine (C=N–C) groups is 1. The summed E-state index contributed by atoms with van der Waals surface area (Å²) in [5.74, 6) is -0.710. The first-order valence-corrected chi connectivity index (χ1v) is 8.17. The topological polar surface area (TPSA) is 41.5 Å². The van der Waals surface area contributed by atoms with Gasteiger partial charge in [0.05, 0.1) is 16.5 Å². The Hall–Kier alpha value is -2.35. The molecular weight excluding hydrogens is 356 g/mol. The zero-order chi connectivity index (χ0) is 18.0. The van der Waals surface area contributed by atoms with Crippen LogP contribution in [-0.2, 0) is 17.4 Å². The maximum Gasteiger partial charge on any atom is 0.416 e. The van der Waals surface area contributed by atoms with Gasteiger partial charge >= 0.3 is 6.18 Å². The van der Waals surface area contributed by atoms with Crippen LogP contribution in [0.4, 0.5) is 23.2 Å². The first-order valence-electron chi connectivity index (χ1n) is 7.29. The molecule has 1 atom stereocenters.